The fourth-order valence-electron chi connectivity index (χ4n) is 4.25. The van der Waals surface area contributed by atoms with Crippen LogP contribution in [0, 0.1) is 5.41 Å². The van der Waals surface area contributed by atoms with Gasteiger partial charge in [-0.05, 0) is 69.7 Å². The molecular weight excluding hydrogens is 288 g/mol. The molecule has 0 saturated heterocycles. The Labute approximate surface area is 145 Å². The molecule has 0 amide bonds. The van der Waals surface area contributed by atoms with Gasteiger partial charge < -0.3 is 0 Å². The lowest BCUT2D eigenvalue weighted by molar-refractivity contribution is 0.289. The molecule has 0 aliphatic heterocycles. The van der Waals surface area contributed by atoms with E-state index in [0.29, 0.717) is 11.3 Å². The van der Waals surface area contributed by atoms with E-state index in [1.165, 1.54) is 41.2 Å². The quantitative estimate of drug-likeness (QED) is 0.455. The molecule has 0 radical (unpaired) electrons. The molecule has 0 heteroatoms. The van der Waals surface area contributed by atoms with E-state index >= 15 is 0 Å². The SMILES string of the molecule is CC(C)(C)C1CCCc2ccc(-c3ccc4ccccc4c3)cc21. The molecule has 0 N–H and O–H groups in total. The zero-order valence-electron chi connectivity index (χ0n) is 15.0. The van der Waals surface area contributed by atoms with E-state index in [1.807, 2.05) is 0 Å². The summed E-state index contributed by atoms with van der Waals surface area (Å²) in [7, 11) is 0. The van der Waals surface area contributed by atoms with Crippen LogP contribution in [-0.4, -0.2) is 0 Å². The zero-order valence-corrected chi connectivity index (χ0v) is 15.0. The summed E-state index contributed by atoms with van der Waals surface area (Å²) in [5.74, 6) is 0.668. The van der Waals surface area contributed by atoms with Gasteiger partial charge in [0.2, 0.25) is 0 Å². The summed E-state index contributed by atoms with van der Waals surface area (Å²) >= 11 is 0. The predicted octanol–water partition coefficient (Wildman–Crippen LogP) is 6.97. The molecule has 0 bridgehead atoms. The smallest absolute Gasteiger partial charge is 0.0110 e. The molecule has 122 valence electrons. The van der Waals surface area contributed by atoms with Gasteiger partial charge in [0.1, 0.15) is 0 Å². The maximum Gasteiger partial charge on any atom is -0.0110 e. The molecule has 1 aliphatic carbocycles. The minimum atomic E-state index is 0.331. The molecule has 3 aromatic rings. The molecule has 0 fully saturated rings. The lowest BCUT2D eigenvalue weighted by Gasteiger charge is -2.36. The van der Waals surface area contributed by atoms with Crippen molar-refractivity contribution in [3.8, 4) is 11.1 Å². The number of hydrogen-bond donors (Lipinski definition) is 0. The van der Waals surface area contributed by atoms with E-state index in [2.05, 4.69) is 81.4 Å². The van der Waals surface area contributed by atoms with Crippen LogP contribution in [0.2, 0.25) is 0 Å². The van der Waals surface area contributed by atoms with Crippen molar-refractivity contribution >= 4 is 10.8 Å². The molecule has 1 atom stereocenters. The van der Waals surface area contributed by atoms with Gasteiger partial charge in [0.05, 0.1) is 0 Å². The molecule has 0 saturated carbocycles. The largest absolute Gasteiger partial charge is 0.0616 e. The van der Waals surface area contributed by atoms with Gasteiger partial charge in [-0.3, -0.25) is 0 Å². The van der Waals surface area contributed by atoms with Crippen LogP contribution in [0.4, 0.5) is 0 Å². The van der Waals surface area contributed by atoms with Crippen molar-refractivity contribution < 1.29 is 0 Å². The van der Waals surface area contributed by atoms with E-state index < -0.39 is 0 Å². The molecule has 0 spiro atoms. The zero-order chi connectivity index (χ0) is 16.7. The molecule has 1 unspecified atom stereocenters. The summed E-state index contributed by atoms with van der Waals surface area (Å²) in [6.07, 6.45) is 3.88. The van der Waals surface area contributed by atoms with E-state index in [9.17, 15) is 0 Å². The second kappa shape index (κ2) is 5.77. The van der Waals surface area contributed by atoms with Crippen LogP contribution in [-0.2, 0) is 6.42 Å². The third kappa shape index (κ3) is 2.75. The third-order valence-corrected chi connectivity index (χ3v) is 5.59. The summed E-state index contributed by atoms with van der Waals surface area (Å²) in [6.45, 7) is 7.15. The first-order valence-electron chi connectivity index (χ1n) is 9.14. The van der Waals surface area contributed by atoms with Gasteiger partial charge in [-0.1, -0.05) is 75.4 Å². The van der Waals surface area contributed by atoms with Crippen molar-refractivity contribution in [1.82, 2.24) is 0 Å². The summed E-state index contributed by atoms with van der Waals surface area (Å²) in [5.41, 5.74) is 6.16. The molecule has 1 aliphatic rings. The highest BCUT2D eigenvalue weighted by atomic mass is 14.3. The number of rotatable bonds is 1. The van der Waals surface area contributed by atoms with Gasteiger partial charge in [0.15, 0.2) is 0 Å². The molecule has 0 heterocycles. The molecule has 4 rings (SSSR count). The van der Waals surface area contributed by atoms with Crippen LogP contribution in [0.25, 0.3) is 21.9 Å². The predicted molar refractivity (Wildman–Crippen MR) is 105 cm³/mol. The maximum absolute atomic E-state index is 2.47. The topological polar surface area (TPSA) is 0 Å². The highest BCUT2D eigenvalue weighted by molar-refractivity contribution is 5.87. The van der Waals surface area contributed by atoms with Crippen molar-refractivity contribution in [2.24, 2.45) is 5.41 Å². The Morgan fingerprint density at radius 1 is 0.792 bits per heavy atom. The van der Waals surface area contributed by atoms with Crippen LogP contribution < -0.4 is 0 Å². The van der Waals surface area contributed by atoms with Gasteiger partial charge >= 0.3 is 0 Å². The van der Waals surface area contributed by atoms with E-state index in [1.54, 1.807) is 11.1 Å². The third-order valence-electron chi connectivity index (χ3n) is 5.59. The molecule has 0 aromatic heterocycles. The average Bonchev–Trinajstić information content (AvgIpc) is 2.59. The van der Waals surface area contributed by atoms with Gasteiger partial charge in [-0.25, -0.2) is 0 Å². The van der Waals surface area contributed by atoms with Crippen molar-refractivity contribution in [1.29, 1.82) is 0 Å². The van der Waals surface area contributed by atoms with Crippen molar-refractivity contribution in [2.45, 2.75) is 46.0 Å². The van der Waals surface area contributed by atoms with E-state index in [0.717, 1.165) is 0 Å². The molecule has 24 heavy (non-hydrogen) atoms. The second-order valence-electron chi connectivity index (χ2n) is 8.29. The Kier molecular flexibility index (Phi) is 3.72. The number of aryl methyl sites for hydroxylation is 1. The van der Waals surface area contributed by atoms with Crippen LogP contribution in [0.5, 0.6) is 0 Å². The van der Waals surface area contributed by atoms with E-state index in [4.69, 9.17) is 0 Å². The summed E-state index contributed by atoms with van der Waals surface area (Å²) in [4.78, 5) is 0. The van der Waals surface area contributed by atoms with Gasteiger partial charge in [0.25, 0.3) is 0 Å². The monoisotopic (exact) mass is 314 g/mol. The Morgan fingerprint density at radius 3 is 2.29 bits per heavy atom. The first-order valence-corrected chi connectivity index (χ1v) is 9.14. The van der Waals surface area contributed by atoms with Crippen LogP contribution in [0.15, 0.2) is 60.7 Å². The highest BCUT2D eigenvalue weighted by Gasteiger charge is 2.30. The Balaban J connectivity index is 1.81. The van der Waals surface area contributed by atoms with Crippen molar-refractivity contribution in [3.63, 3.8) is 0 Å². The number of hydrogen-bond acceptors (Lipinski definition) is 0. The lowest BCUT2D eigenvalue weighted by atomic mass is 9.69. The average molecular weight is 314 g/mol. The fourth-order valence-corrected chi connectivity index (χ4v) is 4.25. The first kappa shape index (κ1) is 15.4. The Morgan fingerprint density at radius 2 is 1.50 bits per heavy atom. The van der Waals surface area contributed by atoms with Crippen LogP contribution >= 0.6 is 0 Å². The Bertz CT molecular complexity index is 880. The van der Waals surface area contributed by atoms with Crippen molar-refractivity contribution in [2.75, 3.05) is 0 Å². The minimum absolute atomic E-state index is 0.331. The van der Waals surface area contributed by atoms with Gasteiger partial charge in [-0.15, -0.1) is 0 Å². The number of fused-ring (bicyclic) bond motifs is 2. The summed E-state index contributed by atoms with van der Waals surface area (Å²) in [5, 5.41) is 2.63. The maximum atomic E-state index is 2.47. The highest BCUT2D eigenvalue weighted by Crippen LogP contribution is 2.44. The lowest BCUT2D eigenvalue weighted by Crippen LogP contribution is -2.23. The minimum Gasteiger partial charge on any atom is -0.0616 e. The van der Waals surface area contributed by atoms with Crippen LogP contribution in [0.3, 0.4) is 0 Å². The normalized spacial score (nSPS) is 17.7. The van der Waals surface area contributed by atoms with E-state index in [-0.39, 0.29) is 0 Å². The molecule has 3 aromatic carbocycles. The number of benzene rings is 3. The van der Waals surface area contributed by atoms with Gasteiger partial charge in [-0.2, -0.15) is 0 Å². The molecule has 0 nitrogen and oxygen atoms in total. The fraction of sp³-hybridized carbons (Fsp3) is 0.333. The van der Waals surface area contributed by atoms with Crippen molar-refractivity contribution in [3.05, 3.63) is 71.8 Å². The summed E-state index contributed by atoms with van der Waals surface area (Å²) < 4.78 is 0. The summed E-state index contributed by atoms with van der Waals surface area (Å²) in [6, 6.07) is 22.6. The standard InChI is InChI=1S/C24H26/c1-24(2,3)23-10-6-9-18-12-14-21(16-22(18)23)20-13-11-17-7-4-5-8-19(17)15-20/h4-5,7-8,11-16,23H,6,9-10H2,1-3H3. The Hall–Kier alpha value is -2.08. The van der Waals surface area contributed by atoms with Gasteiger partial charge in [0, 0.05) is 0 Å². The first-order chi connectivity index (χ1) is 11.5. The second-order valence-corrected chi connectivity index (χ2v) is 8.29. The van der Waals surface area contributed by atoms with Crippen LogP contribution in [0.1, 0.15) is 50.7 Å². The molecular formula is C24H26.